The predicted octanol–water partition coefficient (Wildman–Crippen LogP) is 4.65. The molecule has 0 fully saturated rings. The van der Waals surface area contributed by atoms with Gasteiger partial charge in [-0.15, -0.1) is 11.3 Å². The molecular weight excluding hydrogens is 334 g/mol. The van der Waals surface area contributed by atoms with Crippen LogP contribution in [0.25, 0.3) is 0 Å². The molecule has 0 spiro atoms. The Bertz CT molecular complexity index is 749. The molecule has 2 heterocycles. The van der Waals surface area contributed by atoms with E-state index in [9.17, 15) is 4.79 Å². The zero-order chi connectivity index (χ0) is 17.6. The standard InChI is InChI=1S/C20H23NO3S/c1-14-13-24-20(21-14)16-7-9-17(10-8-16)23-12-4-3-5-18(22)19-11-6-15(2)25-19/h6-11,14H,3-5,12-13H2,1-2H3/t14-/m1/s1. The third kappa shape index (κ3) is 4.92. The first-order valence-electron chi connectivity index (χ1n) is 8.65. The van der Waals surface area contributed by atoms with Gasteiger partial charge in [-0.25, -0.2) is 4.99 Å². The lowest BCUT2D eigenvalue weighted by atomic mass is 10.1. The molecule has 4 nitrogen and oxygen atoms in total. The van der Waals surface area contributed by atoms with Crippen molar-refractivity contribution < 1.29 is 14.3 Å². The summed E-state index contributed by atoms with van der Waals surface area (Å²) in [6, 6.07) is 11.9. The van der Waals surface area contributed by atoms with E-state index in [1.165, 1.54) is 4.88 Å². The Morgan fingerprint density at radius 2 is 2.04 bits per heavy atom. The average Bonchev–Trinajstić information content (AvgIpc) is 3.23. The molecule has 132 valence electrons. The van der Waals surface area contributed by atoms with Crippen molar-refractivity contribution in [2.75, 3.05) is 13.2 Å². The molecule has 0 radical (unpaired) electrons. The summed E-state index contributed by atoms with van der Waals surface area (Å²) in [7, 11) is 0. The van der Waals surface area contributed by atoms with Crippen LogP contribution < -0.4 is 4.74 Å². The summed E-state index contributed by atoms with van der Waals surface area (Å²) in [6.45, 7) is 5.32. The van der Waals surface area contributed by atoms with E-state index in [4.69, 9.17) is 9.47 Å². The van der Waals surface area contributed by atoms with Crippen molar-refractivity contribution in [1.82, 2.24) is 0 Å². The zero-order valence-corrected chi connectivity index (χ0v) is 15.5. The highest BCUT2D eigenvalue weighted by atomic mass is 32.1. The molecule has 0 N–H and O–H groups in total. The van der Waals surface area contributed by atoms with Gasteiger partial charge in [-0.05, 0) is 63.1 Å². The van der Waals surface area contributed by atoms with Gasteiger partial charge in [-0.2, -0.15) is 0 Å². The maximum Gasteiger partial charge on any atom is 0.216 e. The largest absolute Gasteiger partial charge is 0.494 e. The lowest BCUT2D eigenvalue weighted by Gasteiger charge is -2.07. The van der Waals surface area contributed by atoms with Crippen molar-refractivity contribution in [2.24, 2.45) is 4.99 Å². The van der Waals surface area contributed by atoms with E-state index in [2.05, 4.69) is 4.99 Å². The summed E-state index contributed by atoms with van der Waals surface area (Å²) in [5.41, 5.74) is 0.980. The van der Waals surface area contributed by atoms with Crippen molar-refractivity contribution in [3.05, 3.63) is 51.7 Å². The minimum absolute atomic E-state index is 0.228. The fraction of sp³-hybridized carbons (Fsp3) is 0.400. The average molecular weight is 357 g/mol. The summed E-state index contributed by atoms with van der Waals surface area (Å²) in [6.07, 6.45) is 2.29. The van der Waals surface area contributed by atoms with Gasteiger partial charge in [0.2, 0.25) is 5.90 Å². The van der Waals surface area contributed by atoms with Crippen molar-refractivity contribution in [3.8, 4) is 5.75 Å². The highest BCUT2D eigenvalue weighted by Crippen LogP contribution is 2.19. The molecule has 1 aliphatic heterocycles. The fourth-order valence-corrected chi connectivity index (χ4v) is 3.45. The number of hydrogen-bond acceptors (Lipinski definition) is 5. The van der Waals surface area contributed by atoms with Crippen LogP contribution in [-0.2, 0) is 4.74 Å². The molecule has 1 aliphatic rings. The molecular formula is C20H23NO3S. The summed E-state index contributed by atoms with van der Waals surface area (Å²) in [5, 5.41) is 0. The van der Waals surface area contributed by atoms with E-state index in [0.29, 0.717) is 25.5 Å². The second kappa shape index (κ2) is 8.30. The van der Waals surface area contributed by atoms with E-state index in [-0.39, 0.29) is 11.8 Å². The lowest BCUT2D eigenvalue weighted by molar-refractivity contribution is 0.0981. The Morgan fingerprint density at radius 3 is 2.68 bits per heavy atom. The van der Waals surface area contributed by atoms with E-state index in [1.54, 1.807) is 11.3 Å². The number of thiophene rings is 1. The number of unbranched alkanes of at least 4 members (excludes halogenated alkanes) is 1. The number of hydrogen-bond donors (Lipinski definition) is 0. The zero-order valence-electron chi connectivity index (χ0n) is 14.7. The predicted molar refractivity (Wildman–Crippen MR) is 101 cm³/mol. The Labute approximate surface area is 152 Å². The molecule has 0 saturated carbocycles. The molecule has 0 aliphatic carbocycles. The second-order valence-electron chi connectivity index (χ2n) is 6.26. The van der Waals surface area contributed by atoms with E-state index >= 15 is 0 Å². The Kier molecular flexibility index (Phi) is 5.87. The van der Waals surface area contributed by atoms with Gasteiger partial charge in [0, 0.05) is 16.9 Å². The molecule has 0 amide bonds. The maximum atomic E-state index is 12.0. The van der Waals surface area contributed by atoms with Crippen LogP contribution in [0.2, 0.25) is 0 Å². The number of carbonyl (C=O) groups is 1. The van der Waals surface area contributed by atoms with Gasteiger partial charge in [0.1, 0.15) is 12.4 Å². The number of nitrogens with zero attached hydrogens (tertiary/aromatic N) is 1. The highest BCUT2D eigenvalue weighted by molar-refractivity contribution is 7.14. The van der Waals surface area contributed by atoms with Crippen LogP contribution in [0.4, 0.5) is 0 Å². The number of aliphatic imine (C=N–C) groups is 1. The SMILES string of the molecule is Cc1ccc(C(=O)CCCCOc2ccc(C3=N[C@H](C)CO3)cc2)s1. The summed E-state index contributed by atoms with van der Waals surface area (Å²) in [4.78, 5) is 18.5. The first-order valence-corrected chi connectivity index (χ1v) is 9.47. The third-order valence-electron chi connectivity index (χ3n) is 3.98. The van der Waals surface area contributed by atoms with E-state index in [0.717, 1.165) is 29.0 Å². The number of carbonyl (C=O) groups excluding carboxylic acids is 1. The monoisotopic (exact) mass is 357 g/mol. The van der Waals surface area contributed by atoms with Gasteiger partial charge in [0.25, 0.3) is 0 Å². The van der Waals surface area contributed by atoms with Crippen LogP contribution >= 0.6 is 11.3 Å². The molecule has 5 heteroatoms. The number of ketones is 1. The molecule has 0 unspecified atom stereocenters. The molecule has 2 aromatic rings. The molecule has 3 rings (SSSR count). The third-order valence-corrected chi connectivity index (χ3v) is 5.02. The van der Waals surface area contributed by atoms with E-state index < -0.39 is 0 Å². The fourth-order valence-electron chi connectivity index (χ4n) is 2.61. The van der Waals surface area contributed by atoms with Crippen molar-refractivity contribution >= 4 is 23.0 Å². The van der Waals surface area contributed by atoms with Crippen LogP contribution in [-0.4, -0.2) is 30.9 Å². The van der Waals surface area contributed by atoms with Gasteiger partial charge in [-0.1, -0.05) is 0 Å². The van der Waals surface area contributed by atoms with Crippen molar-refractivity contribution in [3.63, 3.8) is 0 Å². The topological polar surface area (TPSA) is 47.9 Å². The molecule has 1 aromatic carbocycles. The van der Waals surface area contributed by atoms with Crippen LogP contribution in [0.5, 0.6) is 5.75 Å². The molecule has 0 saturated heterocycles. The van der Waals surface area contributed by atoms with E-state index in [1.807, 2.05) is 50.2 Å². The molecule has 1 aromatic heterocycles. The van der Waals surface area contributed by atoms with Gasteiger partial charge in [0.05, 0.1) is 17.5 Å². The smallest absolute Gasteiger partial charge is 0.216 e. The van der Waals surface area contributed by atoms with Gasteiger partial charge in [-0.3, -0.25) is 4.79 Å². The quantitative estimate of drug-likeness (QED) is 0.510. The van der Waals surface area contributed by atoms with Crippen LogP contribution in [0.3, 0.4) is 0 Å². The summed E-state index contributed by atoms with van der Waals surface area (Å²) in [5.74, 6) is 1.77. The second-order valence-corrected chi connectivity index (χ2v) is 7.55. The first-order chi connectivity index (χ1) is 12.1. The first kappa shape index (κ1) is 17.7. The molecule has 25 heavy (non-hydrogen) atoms. The number of Topliss-reactive ketones (excluding diaryl/α,β-unsaturated/α-hetero) is 1. The molecule has 0 bridgehead atoms. The number of ether oxygens (including phenoxy) is 2. The van der Waals surface area contributed by atoms with Gasteiger partial charge >= 0.3 is 0 Å². The molecule has 1 atom stereocenters. The normalized spacial score (nSPS) is 16.4. The van der Waals surface area contributed by atoms with Crippen LogP contribution in [0.15, 0.2) is 41.4 Å². The van der Waals surface area contributed by atoms with Crippen molar-refractivity contribution in [2.45, 2.75) is 39.2 Å². The van der Waals surface area contributed by atoms with Gasteiger partial charge < -0.3 is 9.47 Å². The highest BCUT2D eigenvalue weighted by Gasteiger charge is 2.15. The maximum absolute atomic E-state index is 12.0. The van der Waals surface area contributed by atoms with Crippen LogP contribution in [0, 0.1) is 6.92 Å². The number of rotatable bonds is 8. The summed E-state index contributed by atoms with van der Waals surface area (Å²) < 4.78 is 11.3. The Balaban J connectivity index is 1.38. The minimum Gasteiger partial charge on any atom is -0.494 e. The lowest BCUT2D eigenvalue weighted by Crippen LogP contribution is -2.03. The van der Waals surface area contributed by atoms with Crippen molar-refractivity contribution in [1.29, 1.82) is 0 Å². The number of aryl methyl sites for hydroxylation is 1. The number of benzene rings is 1. The van der Waals surface area contributed by atoms with Gasteiger partial charge in [0.15, 0.2) is 5.78 Å². The Morgan fingerprint density at radius 1 is 1.24 bits per heavy atom. The minimum atomic E-state index is 0.228. The van der Waals surface area contributed by atoms with Crippen LogP contribution in [0.1, 0.15) is 46.3 Å². The Hall–Kier alpha value is -2.14. The summed E-state index contributed by atoms with van der Waals surface area (Å²) >= 11 is 1.57.